The van der Waals surface area contributed by atoms with E-state index >= 15 is 0 Å². The van der Waals surface area contributed by atoms with Crippen LogP contribution in [0, 0.1) is 5.92 Å². The zero-order valence-electron chi connectivity index (χ0n) is 11.8. The van der Waals surface area contributed by atoms with Gasteiger partial charge < -0.3 is 5.32 Å². The van der Waals surface area contributed by atoms with Crippen molar-refractivity contribution in [2.24, 2.45) is 5.92 Å². The minimum absolute atomic E-state index is 0.653. The monoisotopic (exact) mass is 226 g/mol. The predicted octanol–water partition coefficient (Wildman–Crippen LogP) is 2.88. The van der Waals surface area contributed by atoms with Gasteiger partial charge >= 0.3 is 0 Å². The Labute approximate surface area is 102 Å². The molecule has 1 saturated heterocycles. The molecule has 2 heteroatoms. The van der Waals surface area contributed by atoms with Gasteiger partial charge in [0.15, 0.2) is 0 Å². The molecule has 0 bridgehead atoms. The van der Waals surface area contributed by atoms with Gasteiger partial charge in [-0.3, -0.25) is 4.90 Å². The van der Waals surface area contributed by atoms with Gasteiger partial charge in [0.2, 0.25) is 0 Å². The lowest BCUT2D eigenvalue weighted by molar-refractivity contribution is 0.0829. The topological polar surface area (TPSA) is 15.3 Å². The van der Waals surface area contributed by atoms with Gasteiger partial charge in [-0.1, -0.05) is 13.8 Å². The van der Waals surface area contributed by atoms with Gasteiger partial charge in [0.25, 0.3) is 0 Å². The summed E-state index contributed by atoms with van der Waals surface area (Å²) in [7, 11) is 0. The van der Waals surface area contributed by atoms with E-state index in [4.69, 9.17) is 0 Å². The van der Waals surface area contributed by atoms with Crippen molar-refractivity contribution in [3.63, 3.8) is 0 Å². The molecule has 1 aliphatic rings. The van der Waals surface area contributed by atoms with Crippen molar-refractivity contribution >= 4 is 0 Å². The molecule has 0 aromatic carbocycles. The molecule has 0 aromatic heterocycles. The van der Waals surface area contributed by atoms with Crippen LogP contribution in [0.1, 0.15) is 53.9 Å². The number of hydrogen-bond donors (Lipinski definition) is 1. The summed E-state index contributed by atoms with van der Waals surface area (Å²) in [5.41, 5.74) is 0. The largest absolute Gasteiger partial charge is 0.313 e. The average molecular weight is 226 g/mol. The van der Waals surface area contributed by atoms with Crippen LogP contribution in [-0.4, -0.2) is 36.1 Å². The minimum atomic E-state index is 0.653. The quantitative estimate of drug-likeness (QED) is 0.775. The second-order valence-electron chi connectivity index (χ2n) is 5.79. The number of hydrogen-bond acceptors (Lipinski definition) is 2. The van der Waals surface area contributed by atoms with E-state index in [1.165, 1.54) is 25.8 Å². The van der Waals surface area contributed by atoms with Crippen LogP contribution in [0.25, 0.3) is 0 Å². The first-order valence-corrected chi connectivity index (χ1v) is 7.03. The van der Waals surface area contributed by atoms with Crippen LogP contribution in [0.4, 0.5) is 0 Å². The summed E-state index contributed by atoms with van der Waals surface area (Å²) in [6.07, 6.45) is 4.00. The first kappa shape index (κ1) is 14.0. The molecule has 1 rings (SSSR count). The van der Waals surface area contributed by atoms with Crippen LogP contribution in [0.3, 0.4) is 0 Å². The zero-order valence-corrected chi connectivity index (χ0v) is 11.8. The fourth-order valence-corrected chi connectivity index (χ4v) is 2.57. The van der Waals surface area contributed by atoms with Gasteiger partial charge in [-0.2, -0.15) is 0 Å². The van der Waals surface area contributed by atoms with Crippen LogP contribution < -0.4 is 5.32 Å². The molecule has 0 saturated carbocycles. The molecule has 0 aliphatic carbocycles. The maximum Gasteiger partial charge on any atom is 0.0195 e. The lowest BCUT2D eigenvalue weighted by Gasteiger charge is -2.41. The smallest absolute Gasteiger partial charge is 0.0195 e. The second-order valence-corrected chi connectivity index (χ2v) is 5.79. The molecule has 1 fully saturated rings. The molecule has 2 nitrogen and oxygen atoms in total. The fraction of sp³-hybridized carbons (Fsp3) is 1.00. The molecule has 1 N–H and O–H groups in total. The molecule has 96 valence electrons. The van der Waals surface area contributed by atoms with Crippen LogP contribution in [0.2, 0.25) is 0 Å². The van der Waals surface area contributed by atoms with Crippen molar-refractivity contribution in [2.45, 2.75) is 72.0 Å². The molecule has 0 aromatic rings. The van der Waals surface area contributed by atoms with Crippen LogP contribution >= 0.6 is 0 Å². The van der Waals surface area contributed by atoms with E-state index in [-0.39, 0.29) is 0 Å². The number of rotatable bonds is 5. The summed E-state index contributed by atoms with van der Waals surface area (Å²) < 4.78 is 0. The molecular weight excluding hydrogens is 196 g/mol. The first-order chi connectivity index (χ1) is 7.54. The maximum atomic E-state index is 3.62. The number of piperidine rings is 1. The third-order valence-corrected chi connectivity index (χ3v) is 4.11. The molecule has 1 heterocycles. The standard InChI is InChI=1S/C14H30N2/c1-6-12(3)15-9-14(5)16-10-11(2)7-8-13(16)4/h11-15H,6-10H2,1-5H3. The summed E-state index contributed by atoms with van der Waals surface area (Å²) in [4.78, 5) is 2.68. The Morgan fingerprint density at radius 3 is 2.56 bits per heavy atom. The van der Waals surface area contributed by atoms with E-state index in [9.17, 15) is 0 Å². The lowest BCUT2D eigenvalue weighted by Crippen LogP contribution is -2.50. The maximum absolute atomic E-state index is 3.62. The molecule has 4 unspecified atom stereocenters. The predicted molar refractivity (Wildman–Crippen MR) is 71.8 cm³/mol. The van der Waals surface area contributed by atoms with Gasteiger partial charge in [0.1, 0.15) is 0 Å². The average Bonchev–Trinajstić information content (AvgIpc) is 2.28. The van der Waals surface area contributed by atoms with Crippen LogP contribution in [0.5, 0.6) is 0 Å². The van der Waals surface area contributed by atoms with Gasteiger partial charge in [-0.25, -0.2) is 0 Å². The van der Waals surface area contributed by atoms with E-state index in [1.807, 2.05) is 0 Å². The van der Waals surface area contributed by atoms with Gasteiger partial charge in [-0.05, 0) is 46.0 Å². The van der Waals surface area contributed by atoms with Crippen molar-refractivity contribution in [2.75, 3.05) is 13.1 Å². The molecule has 1 aliphatic heterocycles. The molecule has 16 heavy (non-hydrogen) atoms. The Morgan fingerprint density at radius 2 is 1.94 bits per heavy atom. The highest BCUT2D eigenvalue weighted by molar-refractivity contribution is 4.82. The Hall–Kier alpha value is -0.0800. The van der Waals surface area contributed by atoms with Gasteiger partial charge in [0, 0.05) is 31.2 Å². The molecule has 0 amide bonds. The second kappa shape index (κ2) is 6.61. The summed E-state index contributed by atoms with van der Waals surface area (Å²) >= 11 is 0. The van der Waals surface area contributed by atoms with E-state index in [0.29, 0.717) is 12.1 Å². The number of nitrogens with one attached hydrogen (secondary N) is 1. The van der Waals surface area contributed by atoms with E-state index in [1.54, 1.807) is 0 Å². The van der Waals surface area contributed by atoms with Crippen molar-refractivity contribution in [3.05, 3.63) is 0 Å². The Kier molecular flexibility index (Phi) is 5.77. The highest BCUT2D eigenvalue weighted by Crippen LogP contribution is 2.23. The summed E-state index contributed by atoms with van der Waals surface area (Å²) in [5, 5.41) is 3.62. The Balaban J connectivity index is 2.36. The van der Waals surface area contributed by atoms with Crippen molar-refractivity contribution in [3.8, 4) is 0 Å². The van der Waals surface area contributed by atoms with Gasteiger partial charge in [0.05, 0.1) is 0 Å². The highest BCUT2D eigenvalue weighted by atomic mass is 15.2. The lowest BCUT2D eigenvalue weighted by atomic mass is 9.93. The van der Waals surface area contributed by atoms with E-state index in [0.717, 1.165) is 18.5 Å². The normalized spacial score (nSPS) is 31.3. The molecule has 0 radical (unpaired) electrons. The van der Waals surface area contributed by atoms with Gasteiger partial charge in [-0.15, -0.1) is 0 Å². The third kappa shape index (κ3) is 4.06. The number of nitrogens with zero attached hydrogens (tertiary/aromatic N) is 1. The van der Waals surface area contributed by atoms with Crippen molar-refractivity contribution in [1.82, 2.24) is 10.2 Å². The van der Waals surface area contributed by atoms with E-state index in [2.05, 4.69) is 44.8 Å². The molecule has 0 spiro atoms. The molecule has 4 atom stereocenters. The van der Waals surface area contributed by atoms with Crippen LogP contribution in [-0.2, 0) is 0 Å². The van der Waals surface area contributed by atoms with Crippen molar-refractivity contribution < 1.29 is 0 Å². The Bertz CT molecular complexity index is 193. The first-order valence-electron chi connectivity index (χ1n) is 7.03. The fourth-order valence-electron chi connectivity index (χ4n) is 2.57. The summed E-state index contributed by atoms with van der Waals surface area (Å²) in [6, 6.07) is 2.09. The minimum Gasteiger partial charge on any atom is -0.313 e. The van der Waals surface area contributed by atoms with Crippen molar-refractivity contribution in [1.29, 1.82) is 0 Å². The third-order valence-electron chi connectivity index (χ3n) is 4.11. The molecular formula is C14H30N2. The SMILES string of the molecule is CCC(C)NCC(C)N1CC(C)CCC1C. The van der Waals surface area contributed by atoms with Crippen LogP contribution in [0.15, 0.2) is 0 Å². The highest BCUT2D eigenvalue weighted by Gasteiger charge is 2.26. The van der Waals surface area contributed by atoms with E-state index < -0.39 is 0 Å². The zero-order chi connectivity index (χ0) is 12.1. The Morgan fingerprint density at radius 1 is 1.25 bits per heavy atom. The number of likely N-dealkylation sites (tertiary alicyclic amines) is 1. The summed E-state index contributed by atoms with van der Waals surface area (Å²) in [5.74, 6) is 0.877. The summed E-state index contributed by atoms with van der Waals surface area (Å²) in [6.45, 7) is 14.1.